The van der Waals surface area contributed by atoms with E-state index < -0.39 is 16.8 Å². The van der Waals surface area contributed by atoms with E-state index in [9.17, 15) is 13.2 Å². The molecule has 0 amide bonds. The Bertz CT molecular complexity index is 749. The van der Waals surface area contributed by atoms with Crippen molar-refractivity contribution in [2.45, 2.75) is 12.6 Å². The summed E-state index contributed by atoms with van der Waals surface area (Å²) in [6.07, 6.45) is -4.97. The Morgan fingerprint density at radius 3 is 1.19 bits per heavy atom. The van der Waals surface area contributed by atoms with E-state index in [4.69, 9.17) is 0 Å². The molecule has 0 saturated carbocycles. The molecule has 0 aliphatic heterocycles. The average Bonchev–Trinajstić information content (AvgIpc) is 2.68. The summed E-state index contributed by atoms with van der Waals surface area (Å²) >= 11 is 2.38. The van der Waals surface area contributed by atoms with Crippen LogP contribution in [0.4, 0.5) is 13.2 Å². The number of halogens is 4. The summed E-state index contributed by atoms with van der Waals surface area (Å²) in [5.74, 6) is 0. The van der Waals surface area contributed by atoms with Crippen LogP contribution in [0.1, 0.15) is 6.42 Å². The first kappa shape index (κ1) is 19.4. The van der Waals surface area contributed by atoms with Crippen molar-refractivity contribution in [2.24, 2.45) is 0 Å². The topological polar surface area (TPSA) is 0 Å². The van der Waals surface area contributed by atoms with Crippen LogP contribution >= 0.6 is 26.3 Å². The number of rotatable bonds is 5. The molecule has 136 valence electrons. The summed E-state index contributed by atoms with van der Waals surface area (Å²) < 4.78 is 36.7. The van der Waals surface area contributed by atoms with Crippen LogP contribution in [0.15, 0.2) is 91.0 Å². The van der Waals surface area contributed by atoms with Crippen molar-refractivity contribution in [1.29, 1.82) is 0 Å². The number of benzene rings is 3. The van der Waals surface area contributed by atoms with E-state index in [1.807, 2.05) is 91.0 Å². The Morgan fingerprint density at radius 2 is 0.923 bits per heavy atom. The molecule has 5 heteroatoms. The Hall–Kier alpha value is -1.39. The van der Waals surface area contributed by atoms with Gasteiger partial charge in [-0.2, -0.15) is 0 Å². The SMILES string of the molecule is FC(F)(F)CCP(I)(c1ccccc1)(c1ccccc1)c1ccccc1. The van der Waals surface area contributed by atoms with Gasteiger partial charge in [0.25, 0.3) is 0 Å². The Kier molecular flexibility index (Phi) is 5.45. The predicted molar refractivity (Wildman–Crippen MR) is 115 cm³/mol. The first-order valence-electron chi connectivity index (χ1n) is 8.31. The molecule has 0 aliphatic rings. The number of alkyl halides is 3. The van der Waals surface area contributed by atoms with E-state index in [1.165, 1.54) is 0 Å². The van der Waals surface area contributed by atoms with E-state index in [-0.39, 0.29) is 6.16 Å². The van der Waals surface area contributed by atoms with Crippen LogP contribution in [0.25, 0.3) is 0 Å². The zero-order valence-corrected chi connectivity index (χ0v) is 17.1. The van der Waals surface area contributed by atoms with Crippen molar-refractivity contribution in [2.75, 3.05) is 6.16 Å². The molecule has 0 aliphatic carbocycles. The van der Waals surface area contributed by atoms with Gasteiger partial charge < -0.3 is 0 Å². The van der Waals surface area contributed by atoms with Gasteiger partial charge in [0.05, 0.1) is 0 Å². The third-order valence-corrected chi connectivity index (χ3v) is 16.3. The van der Waals surface area contributed by atoms with Gasteiger partial charge in [-0.15, -0.1) is 0 Å². The van der Waals surface area contributed by atoms with E-state index in [0.29, 0.717) is 0 Å². The summed E-state index contributed by atoms with van der Waals surface area (Å²) in [6, 6.07) is 29.0. The fourth-order valence-electron chi connectivity index (χ4n) is 3.39. The second kappa shape index (κ2) is 7.32. The van der Waals surface area contributed by atoms with Gasteiger partial charge in [-0.3, -0.25) is 0 Å². The molecule has 0 atom stereocenters. The molecule has 0 nitrogen and oxygen atoms in total. The van der Waals surface area contributed by atoms with Crippen molar-refractivity contribution in [3.05, 3.63) is 91.0 Å². The first-order valence-corrected chi connectivity index (χ1v) is 13.5. The molecular weight excluding hydrogens is 467 g/mol. The van der Waals surface area contributed by atoms with Crippen LogP contribution in [0, 0.1) is 0 Å². The minimum absolute atomic E-state index is 0.0493. The van der Waals surface area contributed by atoms with Crippen LogP contribution in [-0.4, -0.2) is 12.3 Å². The quantitative estimate of drug-likeness (QED) is 0.315. The van der Waals surface area contributed by atoms with Crippen LogP contribution in [0.2, 0.25) is 0 Å². The van der Waals surface area contributed by atoms with E-state index in [2.05, 4.69) is 22.0 Å². The molecule has 3 aromatic rings. The number of hydrogen-bond donors (Lipinski definition) is 0. The molecule has 0 heterocycles. The molecule has 0 fully saturated rings. The molecule has 26 heavy (non-hydrogen) atoms. The monoisotopic (exact) mass is 486 g/mol. The standard InChI is InChI=1S/C21H19F3IP/c22-21(23,24)16-17-26(25,18-10-4-1-5-11-18,19-12-6-2-7-13-19)20-14-8-3-9-15-20/h1-15H,16-17H2. The molecule has 0 radical (unpaired) electrons. The van der Waals surface area contributed by atoms with Gasteiger partial charge in [0.15, 0.2) is 0 Å². The maximum atomic E-state index is 13.3. The summed E-state index contributed by atoms with van der Waals surface area (Å²) in [6.45, 7) is 0. The van der Waals surface area contributed by atoms with Gasteiger partial charge in [-0.05, 0) is 0 Å². The average molecular weight is 486 g/mol. The summed E-state index contributed by atoms with van der Waals surface area (Å²) in [5, 5.41) is 2.92. The van der Waals surface area contributed by atoms with Crippen LogP contribution in [0.3, 0.4) is 0 Å². The van der Waals surface area contributed by atoms with Crippen molar-refractivity contribution < 1.29 is 13.2 Å². The maximum absolute atomic E-state index is 13.3. The fourth-order valence-corrected chi connectivity index (χ4v) is 11.7. The van der Waals surface area contributed by atoms with Crippen molar-refractivity contribution in [1.82, 2.24) is 0 Å². The molecule has 0 bridgehead atoms. The van der Waals surface area contributed by atoms with Crippen LogP contribution < -0.4 is 15.9 Å². The second-order valence-electron chi connectivity index (χ2n) is 6.28. The van der Waals surface area contributed by atoms with Crippen LogP contribution in [-0.2, 0) is 0 Å². The van der Waals surface area contributed by atoms with Gasteiger partial charge in [-0.1, -0.05) is 0 Å². The van der Waals surface area contributed by atoms with Crippen molar-refractivity contribution in [3.8, 4) is 0 Å². The summed E-state index contributed by atoms with van der Waals surface area (Å²) in [7, 11) is 0. The van der Waals surface area contributed by atoms with E-state index in [0.717, 1.165) is 15.9 Å². The molecule has 0 unspecified atom stereocenters. The van der Waals surface area contributed by atoms with Crippen molar-refractivity contribution >= 4 is 42.2 Å². The zero-order chi connectivity index (χ0) is 18.7. The fraction of sp³-hybridized carbons (Fsp3) is 0.143. The molecule has 0 aromatic heterocycles. The molecule has 0 N–H and O–H groups in total. The third kappa shape index (κ3) is 3.54. The summed E-state index contributed by atoms with van der Waals surface area (Å²) in [4.78, 5) is 0. The molecule has 0 spiro atoms. The molecule has 3 rings (SSSR count). The third-order valence-electron chi connectivity index (χ3n) is 4.70. The van der Waals surface area contributed by atoms with Gasteiger partial charge in [0.1, 0.15) is 0 Å². The molecule has 0 saturated heterocycles. The van der Waals surface area contributed by atoms with Gasteiger partial charge >= 0.3 is 165 Å². The van der Waals surface area contributed by atoms with E-state index >= 15 is 0 Å². The van der Waals surface area contributed by atoms with E-state index in [1.54, 1.807) is 0 Å². The Labute approximate surface area is 164 Å². The normalized spacial score (nSPS) is 13.8. The zero-order valence-electron chi connectivity index (χ0n) is 14.0. The first-order chi connectivity index (χ1) is 12.3. The summed E-state index contributed by atoms with van der Waals surface area (Å²) in [5.41, 5.74) is 0. The van der Waals surface area contributed by atoms with Gasteiger partial charge in [-0.25, -0.2) is 0 Å². The number of hydrogen-bond acceptors (Lipinski definition) is 0. The Balaban J connectivity index is 2.35. The predicted octanol–water partition coefficient (Wildman–Crippen LogP) is 5.82. The Morgan fingerprint density at radius 1 is 0.615 bits per heavy atom. The van der Waals surface area contributed by atoms with Crippen molar-refractivity contribution in [3.63, 3.8) is 0 Å². The second-order valence-corrected chi connectivity index (χ2v) is 17.0. The van der Waals surface area contributed by atoms with Gasteiger partial charge in [0, 0.05) is 0 Å². The molecular formula is C21H19F3IP. The molecule has 3 aromatic carbocycles. The van der Waals surface area contributed by atoms with Gasteiger partial charge in [0.2, 0.25) is 0 Å². The minimum atomic E-state index is -4.20. The van der Waals surface area contributed by atoms with Crippen LogP contribution in [0.5, 0.6) is 0 Å².